The topological polar surface area (TPSA) is 67.9 Å². The number of ether oxygens (including phenoxy) is 2. The molecule has 1 aliphatic carbocycles. The Labute approximate surface area is 138 Å². The van der Waals surface area contributed by atoms with Crippen molar-refractivity contribution in [3.63, 3.8) is 0 Å². The number of hydrogen-bond donors (Lipinski definition) is 1. The van der Waals surface area contributed by atoms with E-state index in [1.807, 2.05) is 41.5 Å². The van der Waals surface area contributed by atoms with Crippen molar-refractivity contribution in [2.24, 2.45) is 5.41 Å². The minimum atomic E-state index is -0.683. The third-order valence-corrected chi connectivity index (χ3v) is 4.56. The molecular weight excluding hydrogens is 296 g/mol. The normalized spacial score (nSPS) is 30.5. The second-order valence-corrected chi connectivity index (χ2v) is 8.77. The highest BCUT2D eigenvalue weighted by atomic mass is 16.6. The molecule has 1 saturated carbocycles. The van der Waals surface area contributed by atoms with Gasteiger partial charge in [0.05, 0.1) is 0 Å². The van der Waals surface area contributed by atoms with Crippen molar-refractivity contribution in [2.75, 3.05) is 20.1 Å². The van der Waals surface area contributed by atoms with Gasteiger partial charge in [-0.05, 0) is 61.4 Å². The summed E-state index contributed by atoms with van der Waals surface area (Å²) in [6, 6.07) is 0. The van der Waals surface area contributed by atoms with Crippen LogP contribution in [0.1, 0.15) is 54.4 Å². The first-order chi connectivity index (χ1) is 10.3. The summed E-state index contributed by atoms with van der Waals surface area (Å²) in [6.45, 7) is 12.3. The number of esters is 1. The first kappa shape index (κ1) is 18.0. The van der Waals surface area contributed by atoms with E-state index < -0.39 is 16.7 Å². The molecule has 1 amide bonds. The number of carbonyl (C=O) groups excluding carboxylic acids is 2. The van der Waals surface area contributed by atoms with Crippen LogP contribution >= 0.6 is 0 Å². The predicted molar refractivity (Wildman–Crippen MR) is 87.1 cm³/mol. The van der Waals surface area contributed by atoms with Crippen molar-refractivity contribution < 1.29 is 19.1 Å². The minimum Gasteiger partial charge on any atom is -0.459 e. The zero-order valence-corrected chi connectivity index (χ0v) is 15.4. The van der Waals surface area contributed by atoms with E-state index in [4.69, 9.17) is 9.47 Å². The Bertz CT molecular complexity index is 506. The average Bonchev–Trinajstić information content (AvgIpc) is 2.76. The average molecular weight is 326 g/mol. The summed E-state index contributed by atoms with van der Waals surface area (Å²) in [4.78, 5) is 26.6. The molecule has 0 aromatic rings. The third-order valence-electron chi connectivity index (χ3n) is 4.56. The van der Waals surface area contributed by atoms with Gasteiger partial charge in [-0.1, -0.05) is 0 Å². The van der Waals surface area contributed by atoms with Crippen LogP contribution in [0.5, 0.6) is 0 Å². The predicted octanol–water partition coefficient (Wildman–Crippen LogP) is 2.32. The van der Waals surface area contributed by atoms with Crippen LogP contribution in [-0.4, -0.2) is 53.8 Å². The van der Waals surface area contributed by atoms with E-state index in [-0.39, 0.29) is 17.5 Å². The summed E-state index contributed by atoms with van der Waals surface area (Å²) < 4.78 is 11.0. The zero-order chi connectivity index (χ0) is 17.7. The Morgan fingerprint density at radius 2 is 1.61 bits per heavy atom. The maximum Gasteiger partial charge on any atom is 0.410 e. The lowest BCUT2D eigenvalue weighted by molar-refractivity contribution is -0.160. The molecule has 2 fully saturated rings. The highest BCUT2D eigenvalue weighted by molar-refractivity contribution is 5.87. The van der Waals surface area contributed by atoms with Crippen molar-refractivity contribution in [3.05, 3.63) is 0 Å². The van der Waals surface area contributed by atoms with Crippen LogP contribution in [0.25, 0.3) is 0 Å². The van der Waals surface area contributed by atoms with Crippen LogP contribution in [-0.2, 0) is 14.3 Å². The van der Waals surface area contributed by atoms with E-state index in [1.165, 1.54) is 0 Å². The Balaban J connectivity index is 2.05. The molecule has 1 N–H and O–H groups in total. The third kappa shape index (κ3) is 3.47. The lowest BCUT2D eigenvalue weighted by Crippen LogP contribution is -2.47. The molecule has 0 radical (unpaired) electrons. The van der Waals surface area contributed by atoms with Gasteiger partial charge in [0.2, 0.25) is 0 Å². The van der Waals surface area contributed by atoms with Gasteiger partial charge in [-0.2, -0.15) is 0 Å². The lowest BCUT2D eigenvalue weighted by Gasteiger charge is -2.27. The fourth-order valence-electron chi connectivity index (χ4n) is 3.42. The molecule has 2 atom stereocenters. The van der Waals surface area contributed by atoms with Gasteiger partial charge in [-0.25, -0.2) is 4.79 Å². The Hall–Kier alpha value is -1.30. The van der Waals surface area contributed by atoms with E-state index in [9.17, 15) is 9.59 Å². The van der Waals surface area contributed by atoms with Crippen LogP contribution in [0.15, 0.2) is 0 Å². The maximum absolute atomic E-state index is 12.6. The maximum atomic E-state index is 12.6. The van der Waals surface area contributed by atoms with Gasteiger partial charge in [-0.3, -0.25) is 4.79 Å². The molecule has 23 heavy (non-hydrogen) atoms. The molecule has 6 nitrogen and oxygen atoms in total. The Morgan fingerprint density at radius 1 is 1.04 bits per heavy atom. The molecule has 0 aromatic carbocycles. The van der Waals surface area contributed by atoms with Gasteiger partial charge < -0.3 is 19.7 Å². The molecular formula is C17H30N2O4. The van der Waals surface area contributed by atoms with Crippen LogP contribution < -0.4 is 5.32 Å². The van der Waals surface area contributed by atoms with Crippen LogP contribution in [0, 0.1) is 5.41 Å². The zero-order valence-electron chi connectivity index (χ0n) is 15.4. The van der Waals surface area contributed by atoms with Gasteiger partial charge in [0.25, 0.3) is 0 Å². The van der Waals surface area contributed by atoms with Gasteiger partial charge in [-0.15, -0.1) is 0 Å². The number of hydrogen-bond acceptors (Lipinski definition) is 5. The SMILES string of the molecule is CNC1(C(=O)OC(C)(C)C)CC12CCN(C(=O)OC(C)(C)C)C2. The van der Waals surface area contributed by atoms with Crippen molar-refractivity contribution in [1.82, 2.24) is 10.2 Å². The largest absolute Gasteiger partial charge is 0.459 e. The number of rotatable bonds is 2. The molecule has 132 valence electrons. The Morgan fingerprint density at radius 3 is 2.09 bits per heavy atom. The molecule has 2 rings (SSSR count). The number of amides is 1. The molecule has 2 aliphatic rings. The molecule has 1 saturated heterocycles. The lowest BCUT2D eigenvalue weighted by atomic mass is 9.98. The second-order valence-electron chi connectivity index (χ2n) is 8.77. The van der Waals surface area contributed by atoms with Crippen LogP contribution in [0.2, 0.25) is 0 Å². The second kappa shape index (κ2) is 5.36. The summed E-state index contributed by atoms with van der Waals surface area (Å²) >= 11 is 0. The number of nitrogens with one attached hydrogen (secondary N) is 1. The van der Waals surface area contributed by atoms with E-state index in [1.54, 1.807) is 11.9 Å². The summed E-state index contributed by atoms with van der Waals surface area (Å²) in [6.07, 6.45) is 1.17. The fourth-order valence-corrected chi connectivity index (χ4v) is 3.42. The molecule has 1 heterocycles. The highest BCUT2D eigenvalue weighted by Crippen LogP contribution is 2.62. The number of nitrogens with zero attached hydrogens (tertiary/aromatic N) is 1. The smallest absolute Gasteiger partial charge is 0.410 e. The molecule has 0 aromatic heterocycles. The number of likely N-dealkylation sites (N-methyl/N-ethyl adjacent to an activating group) is 1. The van der Waals surface area contributed by atoms with Crippen molar-refractivity contribution in [2.45, 2.75) is 71.1 Å². The quantitative estimate of drug-likeness (QED) is 0.789. The standard InChI is InChI=1S/C17H30N2O4/c1-14(2,3)22-12(20)17(18-7)10-16(17)8-9-19(11-16)13(21)23-15(4,5)6/h18H,8-11H2,1-7H3. The van der Waals surface area contributed by atoms with E-state index in [0.717, 1.165) is 6.42 Å². The van der Waals surface area contributed by atoms with E-state index >= 15 is 0 Å². The molecule has 0 bridgehead atoms. The number of likely N-dealkylation sites (tertiary alicyclic amines) is 1. The monoisotopic (exact) mass is 326 g/mol. The first-order valence-electron chi connectivity index (χ1n) is 8.25. The summed E-state index contributed by atoms with van der Waals surface area (Å²) in [5.41, 5.74) is -1.95. The first-order valence-corrected chi connectivity index (χ1v) is 8.25. The fraction of sp³-hybridized carbons (Fsp3) is 0.882. The van der Waals surface area contributed by atoms with Gasteiger partial charge >= 0.3 is 12.1 Å². The minimum absolute atomic E-state index is 0.224. The van der Waals surface area contributed by atoms with Crippen molar-refractivity contribution in [1.29, 1.82) is 0 Å². The summed E-state index contributed by atoms with van der Waals surface area (Å²) in [5, 5.41) is 3.16. The molecule has 1 spiro atoms. The van der Waals surface area contributed by atoms with Gasteiger partial charge in [0, 0.05) is 18.5 Å². The number of carbonyl (C=O) groups is 2. The molecule has 2 unspecified atom stereocenters. The van der Waals surface area contributed by atoms with E-state index in [2.05, 4.69) is 5.32 Å². The molecule has 1 aliphatic heterocycles. The van der Waals surface area contributed by atoms with Gasteiger partial charge in [0.1, 0.15) is 16.7 Å². The Kier molecular flexibility index (Phi) is 4.21. The van der Waals surface area contributed by atoms with Crippen molar-refractivity contribution >= 4 is 12.1 Å². The highest BCUT2D eigenvalue weighted by Gasteiger charge is 2.74. The molecule has 6 heteroatoms. The van der Waals surface area contributed by atoms with Crippen LogP contribution in [0.4, 0.5) is 4.79 Å². The van der Waals surface area contributed by atoms with Crippen molar-refractivity contribution in [3.8, 4) is 0 Å². The summed E-state index contributed by atoms with van der Waals surface area (Å²) in [5.74, 6) is -0.224. The van der Waals surface area contributed by atoms with E-state index in [0.29, 0.717) is 19.5 Å². The van der Waals surface area contributed by atoms with Gasteiger partial charge in [0.15, 0.2) is 0 Å². The van der Waals surface area contributed by atoms with Crippen LogP contribution in [0.3, 0.4) is 0 Å². The summed E-state index contributed by atoms with van der Waals surface area (Å²) in [7, 11) is 1.79.